The number of carbonyl (C=O) groups is 1. The van der Waals surface area contributed by atoms with E-state index in [-0.39, 0.29) is 18.0 Å². The van der Waals surface area contributed by atoms with Crippen LogP contribution in [0.4, 0.5) is 0 Å². The van der Waals surface area contributed by atoms with Crippen molar-refractivity contribution >= 4 is 72.9 Å². The van der Waals surface area contributed by atoms with Crippen LogP contribution in [-0.4, -0.2) is 5.97 Å². The number of rotatable bonds is 15. The zero-order valence-corrected chi connectivity index (χ0v) is 41.9. The Balaban J connectivity index is 0.00000230. The van der Waals surface area contributed by atoms with Crippen molar-refractivity contribution in [1.82, 2.24) is 0 Å². The highest BCUT2D eigenvalue weighted by atomic mass is 16.5. The van der Waals surface area contributed by atoms with Crippen LogP contribution in [0, 0.1) is 5.92 Å². The first-order valence-electron chi connectivity index (χ1n) is 27.0. The molecule has 0 N–H and O–H groups in total. The van der Waals surface area contributed by atoms with Gasteiger partial charge in [-0.3, -0.25) is 4.79 Å². The molecule has 4 nitrogen and oxygen atoms in total. The van der Waals surface area contributed by atoms with E-state index in [1.807, 2.05) is 68.5 Å². The van der Waals surface area contributed by atoms with Gasteiger partial charge in [0.2, 0.25) is 0 Å². The second-order valence-corrected chi connectivity index (χ2v) is 21.9. The van der Waals surface area contributed by atoms with E-state index in [0.717, 1.165) is 53.5 Å². The summed E-state index contributed by atoms with van der Waals surface area (Å²) in [6, 6.07) is 41.4. The first-order chi connectivity index (χ1) is 36.5. The van der Waals surface area contributed by atoms with Crippen molar-refractivity contribution < 1.29 is 19.0 Å². The average molecular weight is 959 g/mol. The molecule has 74 heavy (non-hydrogen) atoms. The highest BCUT2D eigenvalue weighted by molar-refractivity contribution is 6.45. The molecule has 9 aromatic rings. The van der Waals surface area contributed by atoms with Gasteiger partial charge in [-0.25, -0.2) is 0 Å². The molecule has 8 aliphatic carbocycles. The average Bonchev–Trinajstić information content (AvgIpc) is 3.92. The Morgan fingerprint density at radius 3 is 1.88 bits per heavy atom. The fraction of sp³-hybridized carbons (Fsp3) is 0.214. The minimum Gasteiger partial charge on any atom is -0.489 e. The Hall–Kier alpha value is -7.95. The summed E-state index contributed by atoms with van der Waals surface area (Å²) in [6.45, 7) is 12.7. The van der Waals surface area contributed by atoms with Gasteiger partial charge in [0.15, 0.2) is 0 Å². The Labute approximate surface area is 431 Å². The van der Waals surface area contributed by atoms with E-state index in [2.05, 4.69) is 104 Å². The molecular weight excluding hydrogens is 905 g/mol. The molecular formula is C70H54O4. The molecule has 0 amide bonds. The Kier molecular flexibility index (Phi) is 8.80. The number of carbonyl (C=O) groups excluding carboxylic acids is 1. The maximum atomic E-state index is 14.0. The third-order valence-electron chi connectivity index (χ3n) is 18.5. The highest BCUT2D eigenvalue weighted by Gasteiger charge is 2.69. The second-order valence-electron chi connectivity index (χ2n) is 21.9. The van der Waals surface area contributed by atoms with Gasteiger partial charge in [0.25, 0.3) is 0 Å². The molecule has 9 aromatic carbocycles. The van der Waals surface area contributed by atoms with E-state index in [1.165, 1.54) is 27.8 Å². The zero-order chi connectivity index (χ0) is 49.3. The standard InChI is InChI=1S/C68H48O4.C2H6/c1-3-35-12-16-37(17-13-35)32-70-47-23-39(24-48(31-47)71-33-38-18-14-36(4-2)15-19-38)34-72-51(69)11-8-22-68(46-9-6-5-7-10-46)66-49-29-44-27-42-25-40-20-21-41-26-43-28-45-30-50(67(66)68)59-58(49)62-56(44)54(42)60-52(40)53(41)61-55(43)57(45)63(59)65(62)64(60)61;1-2/h3-7,9-10,12-21,23-26,29-31,40,52,66-67H,1-2,8,11,22,27-28,32-34H2;1-2H3. The van der Waals surface area contributed by atoms with Crippen LogP contribution in [0.25, 0.3) is 78.0 Å². The Morgan fingerprint density at radius 2 is 1.22 bits per heavy atom. The highest BCUT2D eigenvalue weighted by Crippen LogP contribution is 2.80. The van der Waals surface area contributed by atoms with E-state index in [0.29, 0.717) is 54.8 Å². The number of ether oxygens (including phenoxy) is 3. The van der Waals surface area contributed by atoms with Gasteiger partial charge in [-0.15, -0.1) is 0 Å². The minimum absolute atomic E-state index is 0.128. The maximum Gasteiger partial charge on any atom is 0.306 e. The second kappa shape index (κ2) is 15.3. The van der Waals surface area contributed by atoms with Gasteiger partial charge in [-0.1, -0.05) is 154 Å². The van der Waals surface area contributed by atoms with Crippen LogP contribution in [-0.2, 0) is 47.6 Å². The van der Waals surface area contributed by atoms with E-state index in [9.17, 15) is 4.79 Å². The van der Waals surface area contributed by atoms with Gasteiger partial charge in [0.05, 0.1) is 0 Å². The summed E-state index contributed by atoms with van der Waals surface area (Å²) in [7, 11) is 0. The van der Waals surface area contributed by atoms with Crippen molar-refractivity contribution in [3.05, 3.63) is 224 Å². The van der Waals surface area contributed by atoms with Crippen LogP contribution in [0.3, 0.4) is 0 Å². The number of hydrogen-bond acceptors (Lipinski definition) is 4. The van der Waals surface area contributed by atoms with Crippen molar-refractivity contribution in [2.75, 3.05) is 0 Å². The summed E-state index contributed by atoms with van der Waals surface area (Å²) in [5.41, 5.74) is 24.9. The molecule has 0 spiro atoms. The van der Waals surface area contributed by atoms with E-state index in [1.54, 1.807) is 87.6 Å². The Morgan fingerprint density at radius 1 is 0.608 bits per heavy atom. The summed E-state index contributed by atoms with van der Waals surface area (Å²) < 4.78 is 18.8. The van der Waals surface area contributed by atoms with Crippen molar-refractivity contribution in [3.63, 3.8) is 0 Å². The monoisotopic (exact) mass is 958 g/mol. The van der Waals surface area contributed by atoms with Crippen molar-refractivity contribution in [3.8, 4) is 22.6 Å². The third-order valence-corrected chi connectivity index (χ3v) is 18.5. The van der Waals surface area contributed by atoms with Gasteiger partial charge in [0.1, 0.15) is 31.3 Å². The lowest BCUT2D eigenvalue weighted by Crippen LogP contribution is -2.17. The summed E-state index contributed by atoms with van der Waals surface area (Å²) in [4.78, 5) is 14.0. The fourth-order valence-corrected chi connectivity index (χ4v) is 15.8. The van der Waals surface area contributed by atoms with E-state index < -0.39 is 0 Å². The fourth-order valence-electron chi connectivity index (χ4n) is 15.8. The van der Waals surface area contributed by atoms with Crippen LogP contribution >= 0.6 is 0 Å². The number of fused-ring (bicyclic) bond motifs is 3. The van der Waals surface area contributed by atoms with Gasteiger partial charge < -0.3 is 14.2 Å². The van der Waals surface area contributed by atoms with Gasteiger partial charge >= 0.3 is 5.97 Å². The summed E-state index contributed by atoms with van der Waals surface area (Å²) in [5, 5.41) is 12.6. The molecule has 0 aliphatic heterocycles. The zero-order valence-electron chi connectivity index (χ0n) is 41.9. The molecule has 4 heteroatoms. The van der Waals surface area contributed by atoms with Gasteiger partial charge in [0, 0.05) is 41.6 Å². The van der Waals surface area contributed by atoms with Crippen LogP contribution < -0.4 is 9.47 Å². The smallest absolute Gasteiger partial charge is 0.306 e. The minimum atomic E-state index is -0.185. The number of benzene rings is 9. The largest absolute Gasteiger partial charge is 0.489 e. The number of allylic oxidation sites excluding steroid dienone is 3. The van der Waals surface area contributed by atoms with Crippen LogP contribution in [0.15, 0.2) is 141 Å². The molecule has 358 valence electrons. The molecule has 0 radical (unpaired) electrons. The molecule has 0 heterocycles. The molecule has 5 atom stereocenters. The normalized spacial score (nSPS) is 20.8. The van der Waals surface area contributed by atoms with E-state index in [4.69, 9.17) is 14.2 Å². The quantitative estimate of drug-likeness (QED) is 0.0759. The molecule has 5 unspecified atom stereocenters. The molecule has 0 saturated heterocycles. The molecule has 8 aliphatic rings. The lowest BCUT2D eigenvalue weighted by molar-refractivity contribution is -0.145. The van der Waals surface area contributed by atoms with E-state index >= 15 is 0 Å². The van der Waals surface area contributed by atoms with Crippen molar-refractivity contribution in [2.45, 2.75) is 88.9 Å². The lowest BCUT2D eigenvalue weighted by atomic mass is 9.71. The summed E-state index contributed by atoms with van der Waals surface area (Å²) >= 11 is 0. The summed E-state index contributed by atoms with van der Waals surface area (Å²) in [5.74, 6) is 2.67. The predicted octanol–water partition coefficient (Wildman–Crippen LogP) is 16.7. The molecule has 1 saturated carbocycles. The summed E-state index contributed by atoms with van der Waals surface area (Å²) in [6.07, 6.45) is 15.3. The third kappa shape index (κ3) is 5.51. The van der Waals surface area contributed by atoms with Crippen molar-refractivity contribution in [1.29, 1.82) is 0 Å². The SMILES string of the molecule is C=Cc1ccc(COc2cc(COC(=O)CCCC3(c4ccccc4)C4c5cc6c7c8c9c%10c%11c%12c(cc%13c%11c%11c(cc(c%14c%11c%10c7c5-%14)C43)C%13)C=CC(C=C8C6)C%129)cc(OCc3ccc(C=C)cc3)c2)cc1.CC. The lowest BCUT2D eigenvalue weighted by Gasteiger charge is -2.31. The first kappa shape index (κ1) is 42.5. The molecule has 0 bridgehead atoms. The molecule has 1 fully saturated rings. The van der Waals surface area contributed by atoms with Crippen LogP contribution in [0.5, 0.6) is 11.5 Å². The van der Waals surface area contributed by atoms with Gasteiger partial charge in [-0.05, 0) is 181 Å². The Bertz CT molecular complexity index is 4060. The van der Waals surface area contributed by atoms with Crippen LogP contribution in [0.1, 0.15) is 134 Å². The number of esters is 1. The number of hydrogen-bond donors (Lipinski definition) is 0. The molecule has 17 rings (SSSR count). The van der Waals surface area contributed by atoms with Crippen LogP contribution in [0.2, 0.25) is 0 Å². The first-order valence-corrected chi connectivity index (χ1v) is 27.0. The predicted molar refractivity (Wildman–Crippen MR) is 301 cm³/mol. The molecule has 0 aromatic heterocycles. The van der Waals surface area contributed by atoms with Crippen molar-refractivity contribution in [2.24, 2.45) is 5.92 Å². The van der Waals surface area contributed by atoms with Gasteiger partial charge in [-0.2, -0.15) is 0 Å². The topological polar surface area (TPSA) is 44.8 Å². The maximum absolute atomic E-state index is 14.0.